The first-order valence-corrected chi connectivity index (χ1v) is 14.6. The van der Waals surface area contributed by atoms with E-state index in [1.165, 1.54) is 49.8 Å². The molecule has 2 atom stereocenters. The van der Waals surface area contributed by atoms with Crippen LogP contribution in [-0.2, 0) is 11.8 Å². The number of methoxy groups -OCH3 is 1. The fourth-order valence-corrected chi connectivity index (χ4v) is 11.1. The second kappa shape index (κ2) is 9.02. The van der Waals surface area contributed by atoms with Gasteiger partial charge in [-0.1, -0.05) is 96.2 Å². The van der Waals surface area contributed by atoms with Crippen molar-refractivity contribution in [3.63, 3.8) is 0 Å². The number of ether oxygens (including phenoxy) is 1. The monoisotopic (exact) mass is 480 g/mol. The predicted octanol–water partition coefficient (Wildman–Crippen LogP) is 7.92. The molecule has 5 rings (SSSR count). The Morgan fingerprint density at radius 1 is 0.765 bits per heavy atom. The van der Waals surface area contributed by atoms with Gasteiger partial charge in [0, 0.05) is 11.7 Å². The van der Waals surface area contributed by atoms with Gasteiger partial charge in [0.2, 0.25) is 0 Å². The molecule has 34 heavy (non-hydrogen) atoms. The molecule has 1 aliphatic heterocycles. The molecule has 0 fully saturated rings. The Kier molecular flexibility index (Phi) is 6.06. The molecule has 1 nitrogen and oxygen atoms in total. The number of aryl methyl sites for hydroxylation is 3. The first-order chi connectivity index (χ1) is 16.4. The van der Waals surface area contributed by atoms with Crippen LogP contribution in [0, 0.1) is 20.8 Å². The highest BCUT2D eigenvalue weighted by Gasteiger charge is 2.38. The zero-order valence-electron chi connectivity index (χ0n) is 20.1. The van der Waals surface area contributed by atoms with Crippen molar-refractivity contribution in [2.45, 2.75) is 26.4 Å². The zero-order chi connectivity index (χ0) is 23.9. The molecule has 0 amide bonds. The molecular formula is C31H29OPS. The van der Waals surface area contributed by atoms with Crippen molar-refractivity contribution >= 4 is 28.7 Å². The van der Waals surface area contributed by atoms with Gasteiger partial charge in [-0.2, -0.15) is 0 Å². The summed E-state index contributed by atoms with van der Waals surface area (Å²) in [6.07, 6.45) is 0. The molecule has 0 aliphatic carbocycles. The molecule has 0 aromatic heterocycles. The second-order valence-corrected chi connectivity index (χ2v) is 13.6. The topological polar surface area (TPSA) is 9.23 Å². The van der Waals surface area contributed by atoms with E-state index >= 15 is 0 Å². The van der Waals surface area contributed by atoms with Crippen molar-refractivity contribution in [2.75, 3.05) is 7.11 Å². The maximum atomic E-state index is 6.85. The van der Waals surface area contributed by atoms with Gasteiger partial charge >= 0.3 is 0 Å². The van der Waals surface area contributed by atoms with Crippen molar-refractivity contribution in [1.29, 1.82) is 0 Å². The fourth-order valence-electron chi connectivity index (χ4n) is 5.48. The molecular weight excluding hydrogens is 451 g/mol. The van der Waals surface area contributed by atoms with E-state index in [-0.39, 0.29) is 5.66 Å². The normalized spacial score (nSPS) is 19.3. The number of hydrogen-bond donors (Lipinski definition) is 0. The highest BCUT2D eigenvalue weighted by molar-refractivity contribution is 8.20. The molecule has 0 N–H and O–H groups in total. The molecule has 4 aromatic carbocycles. The van der Waals surface area contributed by atoms with Gasteiger partial charge in [0.05, 0.1) is 7.11 Å². The molecule has 0 radical (unpaired) electrons. The lowest BCUT2D eigenvalue weighted by molar-refractivity contribution is 0.415. The van der Waals surface area contributed by atoms with Crippen LogP contribution in [0.4, 0.5) is 0 Å². The summed E-state index contributed by atoms with van der Waals surface area (Å²) in [6.45, 7) is 6.63. The van der Waals surface area contributed by atoms with Crippen LogP contribution in [0.25, 0.3) is 5.57 Å². The summed E-state index contributed by atoms with van der Waals surface area (Å²) in [6, 6.07) is 30.4. The van der Waals surface area contributed by atoms with Gasteiger partial charge < -0.3 is 4.74 Å². The lowest BCUT2D eigenvalue weighted by atomic mass is 9.91. The van der Waals surface area contributed by atoms with Crippen LogP contribution in [0.15, 0.2) is 96.8 Å². The summed E-state index contributed by atoms with van der Waals surface area (Å²) in [5.41, 5.74) is 10.3. The standard InChI is InChI=1S/C31H29OPS/c1-21-18-22(2)30(23(3)19-21)33(34)20-29(24-14-16-26(32-4)17-15-24)27-12-8-9-13-28(27)31(33)25-10-6-5-7-11-25/h5-20,31H,1-4H3/t31-,33-/m1/s1. The number of benzene rings is 4. The largest absolute Gasteiger partial charge is 0.497 e. The Morgan fingerprint density at radius 2 is 1.38 bits per heavy atom. The number of hydrogen-bond acceptors (Lipinski definition) is 2. The van der Waals surface area contributed by atoms with E-state index in [4.69, 9.17) is 16.5 Å². The third kappa shape index (κ3) is 3.86. The van der Waals surface area contributed by atoms with E-state index in [1.54, 1.807) is 7.11 Å². The van der Waals surface area contributed by atoms with Crippen LogP contribution in [-0.4, -0.2) is 7.11 Å². The Balaban J connectivity index is 1.85. The van der Waals surface area contributed by atoms with Crippen LogP contribution in [0.1, 0.15) is 44.6 Å². The third-order valence-electron chi connectivity index (χ3n) is 6.75. The number of rotatable bonds is 4. The van der Waals surface area contributed by atoms with Crippen LogP contribution in [0.5, 0.6) is 5.75 Å². The SMILES string of the molecule is COc1ccc(C2=C[P@@](=S)(c3c(C)cc(C)cc3C)[C@H](c3ccccc3)c3ccccc32)cc1. The van der Waals surface area contributed by atoms with E-state index in [9.17, 15) is 0 Å². The van der Waals surface area contributed by atoms with Gasteiger partial charge in [0.25, 0.3) is 0 Å². The van der Waals surface area contributed by atoms with Crippen molar-refractivity contribution < 1.29 is 4.74 Å². The summed E-state index contributed by atoms with van der Waals surface area (Å²) >= 11 is 6.85. The first-order valence-electron chi connectivity index (χ1n) is 11.6. The van der Waals surface area contributed by atoms with Crippen molar-refractivity contribution in [1.82, 2.24) is 0 Å². The Bertz CT molecular complexity index is 1410. The van der Waals surface area contributed by atoms with Gasteiger partial charge in [-0.05, 0) is 83.0 Å². The molecule has 0 spiro atoms. The summed E-state index contributed by atoms with van der Waals surface area (Å²) in [4.78, 5) is 0. The van der Waals surface area contributed by atoms with Gasteiger partial charge in [-0.25, -0.2) is 0 Å². The van der Waals surface area contributed by atoms with Crippen LogP contribution in [0.3, 0.4) is 0 Å². The second-order valence-electron chi connectivity index (χ2n) is 9.13. The van der Waals surface area contributed by atoms with E-state index in [2.05, 4.69) is 105 Å². The summed E-state index contributed by atoms with van der Waals surface area (Å²) < 4.78 is 5.42. The third-order valence-corrected chi connectivity index (χ3v) is 11.6. The van der Waals surface area contributed by atoms with E-state index in [0.717, 1.165) is 5.75 Å². The van der Waals surface area contributed by atoms with Crippen LogP contribution < -0.4 is 10.0 Å². The van der Waals surface area contributed by atoms with E-state index < -0.39 is 6.04 Å². The van der Waals surface area contributed by atoms with Crippen molar-refractivity contribution in [2.24, 2.45) is 0 Å². The van der Waals surface area contributed by atoms with Gasteiger partial charge in [0.15, 0.2) is 0 Å². The Labute approximate surface area is 208 Å². The van der Waals surface area contributed by atoms with Crippen LogP contribution >= 0.6 is 6.04 Å². The summed E-state index contributed by atoms with van der Waals surface area (Å²) in [5.74, 6) is 3.31. The molecule has 0 saturated heterocycles. The molecule has 4 aromatic rings. The maximum absolute atomic E-state index is 6.85. The summed E-state index contributed by atoms with van der Waals surface area (Å²) in [5, 5.41) is 1.35. The fraction of sp³-hybridized carbons (Fsp3) is 0.161. The molecule has 0 bridgehead atoms. The minimum Gasteiger partial charge on any atom is -0.497 e. The minimum absolute atomic E-state index is 0.141. The molecule has 0 saturated carbocycles. The van der Waals surface area contributed by atoms with Gasteiger partial charge in [-0.3, -0.25) is 0 Å². The minimum atomic E-state index is -2.23. The molecule has 3 heteroatoms. The van der Waals surface area contributed by atoms with Crippen LogP contribution in [0.2, 0.25) is 0 Å². The number of fused-ring (bicyclic) bond motifs is 1. The summed E-state index contributed by atoms with van der Waals surface area (Å²) in [7, 11) is 1.71. The van der Waals surface area contributed by atoms with Crippen molar-refractivity contribution in [3.8, 4) is 5.75 Å². The van der Waals surface area contributed by atoms with E-state index in [1.807, 2.05) is 12.1 Å². The molecule has 1 heterocycles. The van der Waals surface area contributed by atoms with Gasteiger partial charge in [-0.15, -0.1) is 0 Å². The average Bonchev–Trinajstić information content (AvgIpc) is 2.83. The Hall–Kier alpha value is -2.93. The molecule has 1 aliphatic rings. The Morgan fingerprint density at radius 3 is 2.03 bits per heavy atom. The average molecular weight is 481 g/mol. The lowest BCUT2D eigenvalue weighted by Crippen LogP contribution is -2.21. The van der Waals surface area contributed by atoms with E-state index in [0.29, 0.717) is 0 Å². The smallest absolute Gasteiger partial charge is 0.118 e. The predicted molar refractivity (Wildman–Crippen MR) is 149 cm³/mol. The highest BCUT2D eigenvalue weighted by Crippen LogP contribution is 2.68. The lowest BCUT2D eigenvalue weighted by Gasteiger charge is -2.38. The quantitative estimate of drug-likeness (QED) is 0.274. The molecule has 170 valence electrons. The van der Waals surface area contributed by atoms with Crippen molar-refractivity contribution in [3.05, 3.63) is 136 Å². The maximum Gasteiger partial charge on any atom is 0.118 e. The molecule has 0 unspecified atom stereocenters. The van der Waals surface area contributed by atoms with Gasteiger partial charge in [0.1, 0.15) is 5.75 Å². The zero-order valence-corrected chi connectivity index (χ0v) is 21.8. The highest BCUT2D eigenvalue weighted by atomic mass is 32.4. The first kappa shape index (κ1) is 22.8.